The summed E-state index contributed by atoms with van der Waals surface area (Å²) >= 11 is 0. The molecule has 0 saturated carbocycles. The summed E-state index contributed by atoms with van der Waals surface area (Å²) in [5.41, 5.74) is 1.82. The number of aromatic nitrogens is 1. The van der Waals surface area contributed by atoms with Gasteiger partial charge in [0.25, 0.3) is 0 Å². The lowest BCUT2D eigenvalue weighted by Gasteiger charge is -2.29. The zero-order valence-corrected chi connectivity index (χ0v) is 14.0. The monoisotopic (exact) mass is 336 g/mol. The van der Waals surface area contributed by atoms with Crippen molar-refractivity contribution in [1.29, 1.82) is 0 Å². The first-order valence-corrected chi connectivity index (χ1v) is 8.27. The molecule has 1 aliphatic rings. The maximum absolute atomic E-state index is 14.4. The molecule has 1 fully saturated rings. The Balaban J connectivity index is 1.76. The zero-order valence-electron chi connectivity index (χ0n) is 14.0. The summed E-state index contributed by atoms with van der Waals surface area (Å²) in [6.45, 7) is 5.60. The maximum atomic E-state index is 14.4. The van der Waals surface area contributed by atoms with Gasteiger partial charge in [0.2, 0.25) is 0 Å². The van der Waals surface area contributed by atoms with Gasteiger partial charge in [0.05, 0.1) is 11.8 Å². The Kier molecular flexibility index (Phi) is 4.96. The molecule has 1 aromatic heterocycles. The fraction of sp³-hybridized carbons (Fsp3) is 0.500. The van der Waals surface area contributed by atoms with Gasteiger partial charge in [0.1, 0.15) is 17.4 Å². The lowest BCUT2D eigenvalue weighted by atomic mass is 10.00. The number of benzene rings is 1. The van der Waals surface area contributed by atoms with Crippen molar-refractivity contribution < 1.29 is 18.4 Å². The molecule has 0 bridgehead atoms. The zero-order chi connectivity index (χ0) is 17.3. The van der Waals surface area contributed by atoms with Crippen LogP contribution in [0.1, 0.15) is 29.9 Å². The van der Waals surface area contributed by atoms with Crippen molar-refractivity contribution in [3.63, 3.8) is 0 Å². The number of nitrogens with zero attached hydrogens (tertiary/aromatic N) is 2. The second-order valence-electron chi connectivity index (χ2n) is 6.44. The van der Waals surface area contributed by atoms with Crippen LogP contribution in [0.3, 0.4) is 0 Å². The van der Waals surface area contributed by atoms with E-state index in [1.807, 2.05) is 0 Å². The first-order chi connectivity index (χ1) is 11.5. The first kappa shape index (κ1) is 17.0. The molecular formula is C18H22F2N2O2. The van der Waals surface area contributed by atoms with E-state index in [9.17, 15) is 13.9 Å². The van der Waals surface area contributed by atoms with Gasteiger partial charge in [0.15, 0.2) is 0 Å². The fourth-order valence-corrected chi connectivity index (χ4v) is 3.29. The van der Waals surface area contributed by atoms with E-state index < -0.39 is 11.6 Å². The van der Waals surface area contributed by atoms with Crippen molar-refractivity contribution in [3.05, 3.63) is 40.8 Å². The van der Waals surface area contributed by atoms with Crippen LogP contribution in [0, 0.1) is 25.5 Å². The van der Waals surface area contributed by atoms with E-state index in [2.05, 4.69) is 10.1 Å². The van der Waals surface area contributed by atoms with Crippen LogP contribution in [-0.2, 0) is 6.42 Å². The molecule has 130 valence electrons. The summed E-state index contributed by atoms with van der Waals surface area (Å²) in [7, 11) is 0. The second kappa shape index (κ2) is 6.99. The number of halogens is 2. The van der Waals surface area contributed by atoms with Gasteiger partial charge in [-0.2, -0.15) is 0 Å². The third kappa shape index (κ3) is 3.49. The number of aliphatic hydroxyl groups is 1. The molecule has 3 rings (SSSR count). The number of rotatable bonds is 4. The minimum Gasteiger partial charge on any atom is -0.393 e. The van der Waals surface area contributed by atoms with Gasteiger partial charge in [0, 0.05) is 30.8 Å². The van der Waals surface area contributed by atoms with E-state index >= 15 is 0 Å². The van der Waals surface area contributed by atoms with Crippen LogP contribution < -0.4 is 0 Å². The third-order valence-corrected chi connectivity index (χ3v) is 4.70. The van der Waals surface area contributed by atoms with Crippen molar-refractivity contribution in [1.82, 2.24) is 10.1 Å². The van der Waals surface area contributed by atoms with Crippen LogP contribution in [-0.4, -0.2) is 40.9 Å². The van der Waals surface area contributed by atoms with E-state index in [0.29, 0.717) is 35.5 Å². The smallest absolute Gasteiger partial charge is 0.141 e. The van der Waals surface area contributed by atoms with Crippen LogP contribution in [0.5, 0.6) is 0 Å². The average molecular weight is 336 g/mol. The minimum absolute atomic E-state index is 0.108. The largest absolute Gasteiger partial charge is 0.393 e. The van der Waals surface area contributed by atoms with Crippen LogP contribution in [0.25, 0.3) is 11.1 Å². The molecular weight excluding hydrogens is 314 g/mol. The quantitative estimate of drug-likeness (QED) is 0.931. The van der Waals surface area contributed by atoms with Crippen molar-refractivity contribution in [2.75, 3.05) is 19.6 Å². The number of likely N-dealkylation sites (tertiary alicyclic amines) is 1. The SMILES string of the molecule is Cc1noc(C)c1-c1cc(F)c(CCN2CCC(O)CC2)c(F)c1. The molecule has 2 aromatic rings. The van der Waals surface area contributed by atoms with Crippen LogP contribution in [0.15, 0.2) is 16.7 Å². The summed E-state index contributed by atoms with van der Waals surface area (Å²) < 4.78 is 33.9. The predicted octanol–water partition coefficient (Wildman–Crippen LogP) is 3.24. The molecule has 0 atom stereocenters. The summed E-state index contributed by atoms with van der Waals surface area (Å²) in [6, 6.07) is 2.70. The topological polar surface area (TPSA) is 49.5 Å². The molecule has 1 aromatic carbocycles. The molecule has 1 saturated heterocycles. The van der Waals surface area contributed by atoms with E-state index in [4.69, 9.17) is 4.52 Å². The van der Waals surface area contributed by atoms with Crippen LogP contribution >= 0.6 is 0 Å². The Morgan fingerprint density at radius 2 is 1.83 bits per heavy atom. The molecule has 0 spiro atoms. The predicted molar refractivity (Wildman–Crippen MR) is 86.7 cm³/mol. The second-order valence-corrected chi connectivity index (χ2v) is 6.44. The minimum atomic E-state index is -0.540. The number of aliphatic hydroxyl groups excluding tert-OH is 1. The van der Waals surface area contributed by atoms with Gasteiger partial charge in [-0.15, -0.1) is 0 Å². The lowest BCUT2D eigenvalue weighted by molar-refractivity contribution is 0.0830. The molecule has 0 unspecified atom stereocenters. The van der Waals surface area contributed by atoms with Crippen molar-refractivity contribution >= 4 is 0 Å². The van der Waals surface area contributed by atoms with Gasteiger partial charge >= 0.3 is 0 Å². The van der Waals surface area contributed by atoms with Crippen LogP contribution in [0.2, 0.25) is 0 Å². The molecule has 0 amide bonds. The Hall–Kier alpha value is -1.79. The molecule has 24 heavy (non-hydrogen) atoms. The Bertz CT molecular complexity index is 679. The molecule has 1 aliphatic heterocycles. The van der Waals surface area contributed by atoms with Gasteiger partial charge < -0.3 is 14.5 Å². The Morgan fingerprint density at radius 3 is 2.38 bits per heavy atom. The summed E-state index contributed by atoms with van der Waals surface area (Å²) in [5, 5.41) is 13.3. The van der Waals surface area contributed by atoms with Gasteiger partial charge in [-0.25, -0.2) is 8.78 Å². The third-order valence-electron chi connectivity index (χ3n) is 4.70. The molecule has 2 heterocycles. The molecule has 0 aliphatic carbocycles. The van der Waals surface area contributed by atoms with E-state index in [1.165, 1.54) is 12.1 Å². The maximum Gasteiger partial charge on any atom is 0.141 e. The number of hydrogen-bond acceptors (Lipinski definition) is 4. The number of aryl methyl sites for hydroxylation is 2. The molecule has 6 heteroatoms. The highest BCUT2D eigenvalue weighted by molar-refractivity contribution is 5.68. The van der Waals surface area contributed by atoms with Gasteiger partial charge in [-0.3, -0.25) is 0 Å². The standard InChI is InChI=1S/C18H22F2N2O2/c1-11-18(12(2)24-21-11)13-9-16(19)15(17(20)10-13)5-8-22-6-3-14(23)4-7-22/h9-10,14,23H,3-8H2,1-2H3. The van der Waals surface area contributed by atoms with Gasteiger partial charge in [-0.1, -0.05) is 5.16 Å². The number of hydrogen-bond donors (Lipinski definition) is 1. The normalized spacial score (nSPS) is 16.7. The Labute approximate surface area is 140 Å². The lowest BCUT2D eigenvalue weighted by Crippen LogP contribution is -2.37. The highest BCUT2D eigenvalue weighted by atomic mass is 19.1. The first-order valence-electron chi connectivity index (χ1n) is 8.27. The summed E-state index contributed by atoms with van der Waals surface area (Å²) in [5.74, 6) is -0.532. The van der Waals surface area contributed by atoms with E-state index in [1.54, 1.807) is 13.8 Å². The average Bonchev–Trinajstić information content (AvgIpc) is 2.87. The fourth-order valence-electron chi connectivity index (χ4n) is 3.29. The van der Waals surface area contributed by atoms with Crippen molar-refractivity contribution in [2.45, 2.75) is 39.2 Å². The van der Waals surface area contributed by atoms with Crippen molar-refractivity contribution in [2.24, 2.45) is 0 Å². The van der Waals surface area contributed by atoms with E-state index in [0.717, 1.165) is 25.9 Å². The summed E-state index contributed by atoms with van der Waals surface area (Å²) in [6.07, 6.45) is 1.51. The highest BCUT2D eigenvalue weighted by Gasteiger charge is 2.20. The summed E-state index contributed by atoms with van der Waals surface area (Å²) in [4.78, 5) is 2.13. The van der Waals surface area contributed by atoms with Crippen LogP contribution in [0.4, 0.5) is 8.78 Å². The van der Waals surface area contributed by atoms with E-state index in [-0.39, 0.29) is 11.7 Å². The highest BCUT2D eigenvalue weighted by Crippen LogP contribution is 2.30. The molecule has 1 N–H and O–H groups in total. The molecule has 4 nitrogen and oxygen atoms in total. The van der Waals surface area contributed by atoms with Gasteiger partial charge in [-0.05, 0) is 50.8 Å². The van der Waals surface area contributed by atoms with Crippen molar-refractivity contribution in [3.8, 4) is 11.1 Å². The Morgan fingerprint density at radius 1 is 1.21 bits per heavy atom. The molecule has 0 radical (unpaired) electrons. The number of piperidine rings is 1.